The van der Waals surface area contributed by atoms with Crippen LogP contribution in [0, 0.1) is 6.92 Å². The number of hydrogen-bond acceptors (Lipinski definition) is 4. The van der Waals surface area contributed by atoms with Crippen LogP contribution in [0.2, 0.25) is 0 Å². The highest BCUT2D eigenvalue weighted by Crippen LogP contribution is 2.21. The number of carbonyl (C=O) groups excluding carboxylic acids is 1. The molecule has 1 heterocycles. The lowest BCUT2D eigenvalue weighted by Gasteiger charge is -2.02. The fraction of sp³-hybridized carbons (Fsp3) is 0.100. The molecule has 1 aromatic heterocycles. The number of nitrogens with zero attached hydrogens (tertiary/aromatic N) is 2. The number of fused-ring (bicyclic) bond motifs is 1. The molecule has 0 amide bonds. The molecule has 0 fully saturated rings. The first-order valence-electron chi connectivity index (χ1n) is 4.14. The zero-order chi connectivity index (χ0) is 9.97. The van der Waals surface area contributed by atoms with Gasteiger partial charge in [-0.3, -0.25) is 4.79 Å². The summed E-state index contributed by atoms with van der Waals surface area (Å²) in [4.78, 5) is 18.6. The van der Waals surface area contributed by atoms with Gasteiger partial charge in [-0.05, 0) is 19.1 Å². The molecule has 4 heteroatoms. The second kappa shape index (κ2) is 3.41. The van der Waals surface area contributed by atoms with Crippen molar-refractivity contribution >= 4 is 17.5 Å². The summed E-state index contributed by atoms with van der Waals surface area (Å²) in [7, 11) is 0. The average molecular weight is 188 g/mol. The van der Waals surface area contributed by atoms with Crippen LogP contribution in [0.4, 0.5) is 0 Å². The van der Waals surface area contributed by atoms with Crippen molar-refractivity contribution < 1.29 is 9.53 Å². The second-order valence-electron chi connectivity index (χ2n) is 2.85. The van der Waals surface area contributed by atoms with Crippen molar-refractivity contribution in [1.82, 2.24) is 9.97 Å². The summed E-state index contributed by atoms with van der Waals surface area (Å²) in [5, 5.41) is 0. The van der Waals surface area contributed by atoms with Crippen molar-refractivity contribution in [2.75, 3.05) is 0 Å². The highest BCUT2D eigenvalue weighted by molar-refractivity contribution is 5.81. The predicted octanol–water partition coefficient (Wildman–Crippen LogP) is 1.47. The first-order chi connectivity index (χ1) is 6.81. The quantitative estimate of drug-likeness (QED) is 0.670. The Morgan fingerprint density at radius 1 is 1.43 bits per heavy atom. The fourth-order valence-corrected chi connectivity index (χ4v) is 1.25. The van der Waals surface area contributed by atoms with Crippen molar-refractivity contribution in [2.45, 2.75) is 6.92 Å². The van der Waals surface area contributed by atoms with E-state index in [0.717, 1.165) is 11.2 Å². The van der Waals surface area contributed by atoms with E-state index in [0.29, 0.717) is 17.7 Å². The lowest BCUT2D eigenvalue weighted by molar-refractivity contribution is -0.120. The first kappa shape index (κ1) is 8.62. The maximum atomic E-state index is 10.2. The van der Waals surface area contributed by atoms with Gasteiger partial charge in [0, 0.05) is 6.20 Å². The maximum absolute atomic E-state index is 10.2. The van der Waals surface area contributed by atoms with Crippen LogP contribution >= 0.6 is 0 Å². The minimum absolute atomic E-state index is 0.385. The van der Waals surface area contributed by atoms with Gasteiger partial charge in [-0.15, -0.1) is 0 Å². The van der Waals surface area contributed by atoms with Gasteiger partial charge in [0.15, 0.2) is 5.75 Å². The van der Waals surface area contributed by atoms with E-state index in [1.54, 1.807) is 18.3 Å². The third-order valence-electron chi connectivity index (χ3n) is 1.83. The van der Waals surface area contributed by atoms with Gasteiger partial charge in [0.05, 0.1) is 11.2 Å². The molecule has 0 bridgehead atoms. The van der Waals surface area contributed by atoms with Crippen LogP contribution in [0.25, 0.3) is 11.0 Å². The predicted molar refractivity (Wildman–Crippen MR) is 51.0 cm³/mol. The lowest BCUT2D eigenvalue weighted by atomic mass is 10.2. The van der Waals surface area contributed by atoms with Crippen molar-refractivity contribution in [3.63, 3.8) is 0 Å². The third kappa shape index (κ3) is 1.42. The number of hydrogen-bond donors (Lipinski definition) is 0. The topological polar surface area (TPSA) is 52.1 Å². The summed E-state index contributed by atoms with van der Waals surface area (Å²) in [5.74, 6) is 0.435. The van der Waals surface area contributed by atoms with Crippen LogP contribution in [0.3, 0.4) is 0 Å². The molecule has 0 radical (unpaired) electrons. The van der Waals surface area contributed by atoms with Crippen LogP contribution in [0.5, 0.6) is 5.75 Å². The van der Waals surface area contributed by atoms with E-state index in [-0.39, 0.29) is 0 Å². The highest BCUT2D eigenvalue weighted by atomic mass is 16.5. The van der Waals surface area contributed by atoms with Gasteiger partial charge in [0.2, 0.25) is 0 Å². The van der Waals surface area contributed by atoms with Crippen molar-refractivity contribution in [3.8, 4) is 5.75 Å². The Hall–Kier alpha value is -1.97. The fourth-order valence-electron chi connectivity index (χ4n) is 1.25. The minimum atomic E-state index is 0.385. The zero-order valence-corrected chi connectivity index (χ0v) is 7.60. The molecule has 0 N–H and O–H groups in total. The molecule has 1 aromatic carbocycles. The van der Waals surface area contributed by atoms with E-state index in [2.05, 4.69) is 9.97 Å². The Morgan fingerprint density at radius 2 is 2.29 bits per heavy atom. The van der Waals surface area contributed by atoms with E-state index < -0.39 is 0 Å². The second-order valence-corrected chi connectivity index (χ2v) is 2.85. The number of para-hydroxylation sites is 1. The van der Waals surface area contributed by atoms with Gasteiger partial charge in [0.25, 0.3) is 6.47 Å². The summed E-state index contributed by atoms with van der Waals surface area (Å²) in [6.07, 6.45) is 1.64. The van der Waals surface area contributed by atoms with E-state index in [4.69, 9.17) is 4.74 Å². The average Bonchev–Trinajstić information content (AvgIpc) is 2.18. The van der Waals surface area contributed by atoms with Gasteiger partial charge < -0.3 is 4.74 Å². The van der Waals surface area contributed by atoms with Crippen LogP contribution in [-0.2, 0) is 4.79 Å². The van der Waals surface area contributed by atoms with Crippen molar-refractivity contribution in [2.24, 2.45) is 0 Å². The smallest absolute Gasteiger partial charge is 0.298 e. The molecule has 0 aliphatic heterocycles. The number of carbonyl (C=O) groups is 1. The maximum Gasteiger partial charge on any atom is 0.298 e. The normalized spacial score (nSPS) is 10.1. The van der Waals surface area contributed by atoms with Crippen molar-refractivity contribution in [3.05, 3.63) is 30.1 Å². The molecule has 0 spiro atoms. The SMILES string of the molecule is Cc1cnc2c(OC=O)cccc2n1. The van der Waals surface area contributed by atoms with Crippen LogP contribution in [-0.4, -0.2) is 16.4 Å². The number of aryl methyl sites for hydroxylation is 1. The molecule has 0 atom stereocenters. The molecule has 0 aliphatic carbocycles. The number of benzene rings is 1. The Balaban J connectivity index is 2.68. The van der Waals surface area contributed by atoms with Gasteiger partial charge in [-0.1, -0.05) is 6.07 Å². The molecule has 2 rings (SSSR count). The summed E-state index contributed by atoms with van der Waals surface area (Å²) >= 11 is 0. The zero-order valence-electron chi connectivity index (χ0n) is 7.60. The van der Waals surface area contributed by atoms with E-state index in [1.807, 2.05) is 13.0 Å². The minimum Gasteiger partial charge on any atom is -0.426 e. The molecule has 0 saturated heterocycles. The third-order valence-corrected chi connectivity index (χ3v) is 1.83. The number of ether oxygens (including phenoxy) is 1. The highest BCUT2D eigenvalue weighted by Gasteiger charge is 2.03. The molecule has 0 saturated carbocycles. The Labute approximate surface area is 80.6 Å². The molecule has 70 valence electrons. The molecule has 0 aliphatic rings. The van der Waals surface area contributed by atoms with Gasteiger partial charge in [-0.2, -0.15) is 0 Å². The summed E-state index contributed by atoms with van der Waals surface area (Å²) < 4.78 is 4.78. The van der Waals surface area contributed by atoms with Crippen LogP contribution < -0.4 is 4.74 Å². The van der Waals surface area contributed by atoms with Gasteiger partial charge >= 0.3 is 0 Å². The Bertz CT molecular complexity index is 483. The van der Waals surface area contributed by atoms with E-state index in [9.17, 15) is 4.79 Å². The molecule has 0 unspecified atom stereocenters. The monoisotopic (exact) mass is 188 g/mol. The molecule has 4 nitrogen and oxygen atoms in total. The summed E-state index contributed by atoms with van der Waals surface area (Å²) in [6, 6.07) is 5.28. The number of aromatic nitrogens is 2. The molecular formula is C10H8N2O2. The molecule has 14 heavy (non-hydrogen) atoms. The molecule has 2 aromatic rings. The standard InChI is InChI=1S/C10H8N2O2/c1-7-5-11-10-8(12-7)3-2-4-9(10)14-6-13/h2-6H,1H3. The largest absolute Gasteiger partial charge is 0.426 e. The van der Waals surface area contributed by atoms with Crippen LogP contribution in [0.1, 0.15) is 5.69 Å². The Kier molecular flexibility index (Phi) is 2.10. The van der Waals surface area contributed by atoms with E-state index in [1.165, 1.54) is 0 Å². The van der Waals surface area contributed by atoms with Crippen LogP contribution in [0.15, 0.2) is 24.4 Å². The van der Waals surface area contributed by atoms with Gasteiger partial charge in [-0.25, -0.2) is 9.97 Å². The molecular weight excluding hydrogens is 180 g/mol. The lowest BCUT2D eigenvalue weighted by Crippen LogP contribution is -1.93. The van der Waals surface area contributed by atoms with E-state index >= 15 is 0 Å². The Morgan fingerprint density at radius 3 is 3.07 bits per heavy atom. The first-order valence-corrected chi connectivity index (χ1v) is 4.14. The summed E-state index contributed by atoms with van der Waals surface area (Å²) in [5.41, 5.74) is 2.16. The van der Waals surface area contributed by atoms with Crippen molar-refractivity contribution in [1.29, 1.82) is 0 Å². The number of rotatable bonds is 2. The summed E-state index contributed by atoms with van der Waals surface area (Å²) in [6.45, 7) is 2.25. The van der Waals surface area contributed by atoms with Gasteiger partial charge in [0.1, 0.15) is 5.52 Å².